The van der Waals surface area contributed by atoms with Crippen molar-refractivity contribution in [2.75, 3.05) is 13.2 Å². The van der Waals surface area contributed by atoms with E-state index in [1.807, 2.05) is 32.0 Å². The van der Waals surface area contributed by atoms with Gasteiger partial charge >= 0.3 is 0 Å². The summed E-state index contributed by atoms with van der Waals surface area (Å²) < 4.78 is 25.3. The predicted molar refractivity (Wildman–Crippen MR) is 166 cm³/mol. The van der Waals surface area contributed by atoms with E-state index in [2.05, 4.69) is 106 Å². The molecule has 1 aliphatic heterocycles. The van der Waals surface area contributed by atoms with E-state index in [9.17, 15) is 0 Å². The second-order valence-electron chi connectivity index (χ2n) is 12.1. The van der Waals surface area contributed by atoms with Gasteiger partial charge in [-0.2, -0.15) is 0 Å². The fourth-order valence-electron chi connectivity index (χ4n) is 5.60. The number of hydrogen-bond donors (Lipinski definition) is 0. The summed E-state index contributed by atoms with van der Waals surface area (Å²) in [5.41, 5.74) is 1.16. The predicted octanol–water partition coefficient (Wildman–Crippen LogP) is 7.03. The lowest BCUT2D eigenvalue weighted by Gasteiger charge is -2.43. The summed E-state index contributed by atoms with van der Waals surface area (Å²) in [4.78, 5) is 0. The molecular formula is C35H46O4Si. The van der Waals surface area contributed by atoms with Crippen molar-refractivity contribution in [3.05, 3.63) is 109 Å². The van der Waals surface area contributed by atoms with E-state index in [-0.39, 0.29) is 17.2 Å². The molecule has 5 heteroatoms. The largest absolute Gasteiger partial charge is 0.407 e. The van der Waals surface area contributed by atoms with Crippen LogP contribution < -0.4 is 10.4 Å². The van der Waals surface area contributed by atoms with Gasteiger partial charge in [-0.25, -0.2) is 0 Å². The highest BCUT2D eigenvalue weighted by atomic mass is 28.4. The molecule has 0 aromatic heterocycles. The first kappa shape index (κ1) is 30.4. The summed E-state index contributed by atoms with van der Waals surface area (Å²) >= 11 is 0. The van der Waals surface area contributed by atoms with Gasteiger partial charge < -0.3 is 18.6 Å². The van der Waals surface area contributed by atoms with Gasteiger partial charge in [0.2, 0.25) is 0 Å². The molecule has 1 heterocycles. The molecule has 0 aliphatic carbocycles. The highest BCUT2D eigenvalue weighted by Gasteiger charge is 2.50. The minimum atomic E-state index is -2.47. The van der Waals surface area contributed by atoms with E-state index in [1.165, 1.54) is 10.4 Å². The van der Waals surface area contributed by atoms with Crippen LogP contribution in [0.2, 0.25) is 5.04 Å². The van der Waals surface area contributed by atoms with Crippen LogP contribution in [0.25, 0.3) is 0 Å². The van der Waals surface area contributed by atoms with E-state index < -0.39 is 14.1 Å². The lowest BCUT2D eigenvalue weighted by molar-refractivity contribution is -0.148. The van der Waals surface area contributed by atoms with Crippen molar-refractivity contribution in [3.63, 3.8) is 0 Å². The van der Waals surface area contributed by atoms with Gasteiger partial charge in [0.25, 0.3) is 8.32 Å². The zero-order chi connectivity index (χ0) is 28.5. The Morgan fingerprint density at radius 3 is 1.95 bits per heavy atom. The SMILES string of the molecule is CC1(C)O[C@@H](/C=C/CCCCO[Si](c2ccccc2)(c2ccccc2)C(C)(C)C)[C@H](COCc2ccccc2)O1. The molecule has 40 heavy (non-hydrogen) atoms. The lowest BCUT2D eigenvalue weighted by atomic mass is 10.1. The molecule has 0 amide bonds. The Morgan fingerprint density at radius 1 is 0.800 bits per heavy atom. The van der Waals surface area contributed by atoms with Crippen molar-refractivity contribution in [1.82, 2.24) is 0 Å². The maximum atomic E-state index is 7.03. The quantitative estimate of drug-likeness (QED) is 0.128. The highest BCUT2D eigenvalue weighted by Crippen LogP contribution is 2.37. The summed E-state index contributed by atoms with van der Waals surface area (Å²) in [5.74, 6) is -0.612. The molecule has 0 bridgehead atoms. The number of ether oxygens (including phenoxy) is 3. The smallest absolute Gasteiger partial charge is 0.261 e. The average Bonchev–Trinajstić information content (AvgIpc) is 3.24. The third-order valence-corrected chi connectivity index (χ3v) is 12.5. The van der Waals surface area contributed by atoms with Crippen LogP contribution in [0.5, 0.6) is 0 Å². The minimum Gasteiger partial charge on any atom is -0.407 e. The van der Waals surface area contributed by atoms with Gasteiger partial charge in [-0.05, 0) is 54.1 Å². The molecule has 0 N–H and O–H groups in total. The molecule has 1 aliphatic rings. The van der Waals surface area contributed by atoms with Crippen LogP contribution in [0.15, 0.2) is 103 Å². The number of hydrogen-bond acceptors (Lipinski definition) is 4. The van der Waals surface area contributed by atoms with Crippen LogP contribution in [0.1, 0.15) is 59.4 Å². The molecule has 1 saturated heterocycles. The monoisotopic (exact) mass is 558 g/mol. The Labute approximate surface area is 242 Å². The second-order valence-corrected chi connectivity index (χ2v) is 16.4. The third kappa shape index (κ3) is 7.80. The first-order valence-electron chi connectivity index (χ1n) is 14.6. The number of unbranched alkanes of at least 4 members (excludes halogenated alkanes) is 2. The van der Waals surface area contributed by atoms with Crippen LogP contribution in [0.4, 0.5) is 0 Å². The Kier molecular flexibility index (Phi) is 10.6. The zero-order valence-electron chi connectivity index (χ0n) is 24.8. The molecule has 0 spiro atoms. The normalized spacial score (nSPS) is 19.3. The number of allylic oxidation sites excluding steroid dienone is 1. The Hall–Kier alpha value is -2.54. The van der Waals surface area contributed by atoms with Crippen LogP contribution >= 0.6 is 0 Å². The molecule has 2 atom stereocenters. The second kappa shape index (κ2) is 13.9. The molecule has 0 saturated carbocycles. The molecule has 4 nitrogen and oxygen atoms in total. The van der Waals surface area contributed by atoms with Crippen LogP contribution in [-0.4, -0.2) is 39.5 Å². The summed E-state index contributed by atoms with van der Waals surface area (Å²) in [6.07, 6.45) is 7.18. The van der Waals surface area contributed by atoms with Crippen LogP contribution in [0.3, 0.4) is 0 Å². The van der Waals surface area contributed by atoms with E-state index >= 15 is 0 Å². The molecule has 3 aromatic carbocycles. The third-order valence-electron chi connectivity index (χ3n) is 7.44. The van der Waals surface area contributed by atoms with E-state index in [4.69, 9.17) is 18.6 Å². The van der Waals surface area contributed by atoms with E-state index in [0.29, 0.717) is 13.2 Å². The topological polar surface area (TPSA) is 36.9 Å². The van der Waals surface area contributed by atoms with Crippen molar-refractivity contribution in [2.45, 2.75) is 83.5 Å². The van der Waals surface area contributed by atoms with Gasteiger partial charge in [0.05, 0.1) is 13.2 Å². The van der Waals surface area contributed by atoms with Crippen LogP contribution in [-0.2, 0) is 25.2 Å². The summed E-state index contributed by atoms with van der Waals surface area (Å²) in [6, 6.07) is 31.9. The van der Waals surface area contributed by atoms with Crippen molar-refractivity contribution in [2.24, 2.45) is 0 Å². The number of rotatable bonds is 13. The fraction of sp³-hybridized carbons (Fsp3) is 0.429. The van der Waals surface area contributed by atoms with Gasteiger partial charge in [0, 0.05) is 6.61 Å². The molecule has 1 fully saturated rings. The molecule has 214 valence electrons. The van der Waals surface area contributed by atoms with Crippen molar-refractivity contribution >= 4 is 18.7 Å². The van der Waals surface area contributed by atoms with Gasteiger partial charge in [-0.1, -0.05) is 124 Å². The summed E-state index contributed by atoms with van der Waals surface area (Å²) in [7, 11) is -2.47. The minimum absolute atomic E-state index is 0.000179. The number of benzene rings is 3. The fourth-order valence-corrected chi connectivity index (χ4v) is 10.2. The van der Waals surface area contributed by atoms with Crippen molar-refractivity contribution < 1.29 is 18.6 Å². The molecule has 0 unspecified atom stereocenters. The maximum Gasteiger partial charge on any atom is 0.261 e. The molecule has 3 aromatic rings. The van der Waals surface area contributed by atoms with Gasteiger partial charge in [-0.3, -0.25) is 0 Å². The van der Waals surface area contributed by atoms with Gasteiger partial charge in [0.15, 0.2) is 5.79 Å². The van der Waals surface area contributed by atoms with Crippen molar-refractivity contribution in [1.29, 1.82) is 0 Å². The first-order valence-corrected chi connectivity index (χ1v) is 16.5. The van der Waals surface area contributed by atoms with E-state index in [0.717, 1.165) is 31.4 Å². The lowest BCUT2D eigenvalue weighted by Crippen LogP contribution is -2.66. The maximum absolute atomic E-state index is 7.03. The first-order chi connectivity index (χ1) is 19.2. The van der Waals surface area contributed by atoms with E-state index in [1.54, 1.807) is 0 Å². The van der Waals surface area contributed by atoms with Gasteiger partial charge in [-0.15, -0.1) is 0 Å². The zero-order valence-corrected chi connectivity index (χ0v) is 25.8. The average molecular weight is 559 g/mol. The standard InChI is InChI=1S/C35H46O4Si/c1-34(2,3)40(30-21-13-9-14-22-30,31-23-15-10-16-24-31)37-26-18-7-6-17-25-32-33(39-35(4,5)38-32)28-36-27-29-19-11-8-12-20-29/h8-17,19-25,32-33H,6-7,18,26-28H2,1-5H3/b25-17+/t32-,33-/m0/s1. The Balaban J connectivity index is 1.31. The molecular weight excluding hydrogens is 512 g/mol. The highest BCUT2D eigenvalue weighted by molar-refractivity contribution is 6.99. The summed E-state index contributed by atoms with van der Waals surface area (Å²) in [5, 5.41) is 2.66. The Bertz CT molecular complexity index is 1130. The molecule has 0 radical (unpaired) electrons. The molecule has 4 rings (SSSR count). The van der Waals surface area contributed by atoms with Gasteiger partial charge in [0.1, 0.15) is 12.2 Å². The summed E-state index contributed by atoms with van der Waals surface area (Å²) in [6.45, 7) is 12.7. The van der Waals surface area contributed by atoms with Crippen LogP contribution in [0, 0.1) is 0 Å². The Morgan fingerprint density at radius 2 is 1.38 bits per heavy atom. The van der Waals surface area contributed by atoms with Crippen molar-refractivity contribution in [3.8, 4) is 0 Å².